The Labute approximate surface area is 101 Å². The average Bonchev–Trinajstić information content (AvgIpc) is 2.18. The first-order valence-corrected chi connectivity index (χ1v) is 6.40. The highest BCUT2D eigenvalue weighted by Crippen LogP contribution is 2.16. The van der Waals surface area contributed by atoms with Crippen LogP contribution in [-0.2, 0) is 0 Å². The van der Waals surface area contributed by atoms with Crippen LogP contribution >= 0.6 is 0 Å². The Morgan fingerprint density at radius 2 is 1.44 bits per heavy atom. The minimum absolute atomic E-state index is 0.0359. The lowest BCUT2D eigenvalue weighted by Crippen LogP contribution is -2.09. The second-order valence-electron chi connectivity index (χ2n) is 5.20. The minimum atomic E-state index is 0.0359. The fraction of sp³-hybridized carbons (Fsp3) is 0.733. The van der Waals surface area contributed by atoms with E-state index in [-0.39, 0.29) is 6.10 Å². The van der Waals surface area contributed by atoms with Crippen molar-refractivity contribution >= 4 is 0 Å². The zero-order valence-corrected chi connectivity index (χ0v) is 11.6. The Bertz CT molecular complexity index is 234. The third kappa shape index (κ3) is 8.72. The van der Waals surface area contributed by atoms with Crippen LogP contribution < -0.4 is 0 Å². The smallest absolute Gasteiger partial charge is 0.0540 e. The number of allylic oxidation sites excluding steroid dienone is 4. The summed E-state index contributed by atoms with van der Waals surface area (Å²) in [5.41, 5.74) is 4.15. The van der Waals surface area contributed by atoms with Crippen LogP contribution in [0.5, 0.6) is 0 Å². The predicted octanol–water partition coefficient (Wildman–Crippen LogP) is 4.62. The second kappa shape index (κ2) is 8.58. The summed E-state index contributed by atoms with van der Waals surface area (Å²) in [7, 11) is 0. The molecule has 1 rings (SSSR count). The SMILES string of the molecule is CC(C)=CC(C)=C(C)C.OC1CCCCC1. The van der Waals surface area contributed by atoms with Crippen molar-refractivity contribution < 1.29 is 5.11 Å². The molecule has 1 heteroatoms. The van der Waals surface area contributed by atoms with E-state index in [2.05, 4.69) is 40.7 Å². The lowest BCUT2D eigenvalue weighted by atomic mass is 9.98. The molecule has 94 valence electrons. The highest BCUT2D eigenvalue weighted by molar-refractivity contribution is 5.23. The van der Waals surface area contributed by atoms with Crippen LogP contribution in [-0.4, -0.2) is 11.2 Å². The number of hydrogen-bond acceptors (Lipinski definition) is 1. The molecular formula is C15H28O. The van der Waals surface area contributed by atoms with Gasteiger partial charge in [0.1, 0.15) is 0 Å². The van der Waals surface area contributed by atoms with Crippen molar-refractivity contribution in [3.63, 3.8) is 0 Å². The molecule has 16 heavy (non-hydrogen) atoms. The van der Waals surface area contributed by atoms with Crippen LogP contribution in [0.2, 0.25) is 0 Å². The van der Waals surface area contributed by atoms with E-state index in [1.807, 2.05) is 0 Å². The topological polar surface area (TPSA) is 20.2 Å². The molecule has 1 aliphatic rings. The zero-order valence-electron chi connectivity index (χ0n) is 11.6. The highest BCUT2D eigenvalue weighted by Gasteiger charge is 2.07. The van der Waals surface area contributed by atoms with Gasteiger partial charge in [0.05, 0.1) is 6.10 Å². The molecule has 0 spiro atoms. The Balaban J connectivity index is 0.000000288. The molecule has 0 aromatic heterocycles. The van der Waals surface area contributed by atoms with Gasteiger partial charge in [0.25, 0.3) is 0 Å². The molecule has 1 saturated carbocycles. The van der Waals surface area contributed by atoms with Crippen molar-refractivity contribution in [2.75, 3.05) is 0 Å². The van der Waals surface area contributed by atoms with Crippen molar-refractivity contribution in [2.45, 2.75) is 72.8 Å². The van der Waals surface area contributed by atoms with Gasteiger partial charge in [-0.2, -0.15) is 0 Å². The second-order valence-corrected chi connectivity index (χ2v) is 5.20. The van der Waals surface area contributed by atoms with Crippen LogP contribution in [0.3, 0.4) is 0 Å². The molecule has 1 nitrogen and oxygen atoms in total. The Morgan fingerprint density at radius 1 is 0.938 bits per heavy atom. The average molecular weight is 224 g/mol. The normalized spacial score (nSPS) is 15.9. The highest BCUT2D eigenvalue weighted by atomic mass is 16.3. The van der Waals surface area contributed by atoms with Crippen LogP contribution in [0.25, 0.3) is 0 Å². The predicted molar refractivity (Wildman–Crippen MR) is 72.6 cm³/mol. The van der Waals surface area contributed by atoms with E-state index in [0.717, 1.165) is 12.8 Å². The molecule has 0 radical (unpaired) electrons. The molecule has 1 fully saturated rings. The van der Waals surface area contributed by atoms with Gasteiger partial charge in [-0.25, -0.2) is 0 Å². The van der Waals surface area contributed by atoms with E-state index in [4.69, 9.17) is 5.11 Å². The lowest BCUT2D eigenvalue weighted by molar-refractivity contribution is 0.130. The fourth-order valence-corrected chi connectivity index (χ4v) is 1.66. The van der Waals surface area contributed by atoms with E-state index in [9.17, 15) is 0 Å². The standard InChI is InChI=1S/C9H16.C6H12O/c1-7(2)6-9(5)8(3)4;7-6-4-2-1-3-5-6/h6H,1-5H3;6-7H,1-5H2. The first-order valence-electron chi connectivity index (χ1n) is 6.40. The maximum Gasteiger partial charge on any atom is 0.0540 e. The van der Waals surface area contributed by atoms with Gasteiger partial charge in [0.15, 0.2) is 0 Å². The van der Waals surface area contributed by atoms with Crippen LogP contribution in [0.15, 0.2) is 22.8 Å². The maximum absolute atomic E-state index is 8.91. The quantitative estimate of drug-likeness (QED) is 0.644. The summed E-state index contributed by atoms with van der Waals surface area (Å²) in [6, 6.07) is 0. The third-order valence-corrected chi connectivity index (χ3v) is 2.87. The first-order chi connectivity index (χ1) is 7.43. The van der Waals surface area contributed by atoms with Gasteiger partial charge in [-0.05, 0) is 47.5 Å². The monoisotopic (exact) mass is 224 g/mol. The largest absolute Gasteiger partial charge is 0.393 e. The van der Waals surface area contributed by atoms with E-state index in [1.54, 1.807) is 0 Å². The summed E-state index contributed by atoms with van der Waals surface area (Å²) in [5, 5.41) is 8.91. The summed E-state index contributed by atoms with van der Waals surface area (Å²) in [4.78, 5) is 0. The molecule has 0 bridgehead atoms. The molecule has 0 atom stereocenters. The van der Waals surface area contributed by atoms with Gasteiger partial charge in [-0.15, -0.1) is 0 Å². The van der Waals surface area contributed by atoms with Crippen LogP contribution in [0, 0.1) is 0 Å². The van der Waals surface area contributed by atoms with E-state index in [0.29, 0.717) is 0 Å². The maximum atomic E-state index is 8.91. The molecule has 0 aromatic rings. The van der Waals surface area contributed by atoms with E-state index < -0.39 is 0 Å². The molecular weight excluding hydrogens is 196 g/mol. The number of aliphatic hydroxyl groups is 1. The molecule has 0 amide bonds. The van der Waals surface area contributed by atoms with Crippen LogP contribution in [0.4, 0.5) is 0 Å². The summed E-state index contributed by atoms with van der Waals surface area (Å²) in [6.07, 6.45) is 8.13. The van der Waals surface area contributed by atoms with Gasteiger partial charge in [-0.3, -0.25) is 0 Å². The van der Waals surface area contributed by atoms with E-state index in [1.165, 1.54) is 36.0 Å². The Morgan fingerprint density at radius 3 is 1.62 bits per heavy atom. The zero-order chi connectivity index (χ0) is 12.6. The molecule has 0 aromatic carbocycles. The van der Waals surface area contributed by atoms with E-state index >= 15 is 0 Å². The van der Waals surface area contributed by atoms with Crippen molar-refractivity contribution in [1.29, 1.82) is 0 Å². The number of rotatable bonds is 1. The van der Waals surface area contributed by atoms with Crippen molar-refractivity contribution in [3.05, 3.63) is 22.8 Å². The van der Waals surface area contributed by atoms with Gasteiger partial charge in [0.2, 0.25) is 0 Å². The van der Waals surface area contributed by atoms with Gasteiger partial charge >= 0.3 is 0 Å². The number of hydrogen-bond donors (Lipinski definition) is 1. The van der Waals surface area contributed by atoms with Gasteiger partial charge in [0, 0.05) is 0 Å². The minimum Gasteiger partial charge on any atom is -0.393 e. The third-order valence-electron chi connectivity index (χ3n) is 2.87. The molecule has 1 N–H and O–H groups in total. The van der Waals surface area contributed by atoms with Crippen molar-refractivity contribution in [1.82, 2.24) is 0 Å². The first kappa shape index (κ1) is 15.4. The van der Waals surface area contributed by atoms with Crippen molar-refractivity contribution in [2.24, 2.45) is 0 Å². The lowest BCUT2D eigenvalue weighted by Gasteiger charge is -2.14. The summed E-state index contributed by atoms with van der Waals surface area (Å²) in [6.45, 7) is 10.6. The number of aliphatic hydroxyl groups excluding tert-OH is 1. The van der Waals surface area contributed by atoms with Crippen molar-refractivity contribution in [3.8, 4) is 0 Å². The Kier molecular flexibility index (Phi) is 8.28. The molecule has 0 aliphatic heterocycles. The molecule has 1 aliphatic carbocycles. The molecule has 0 unspecified atom stereocenters. The molecule has 0 heterocycles. The summed E-state index contributed by atoms with van der Waals surface area (Å²) in [5.74, 6) is 0. The van der Waals surface area contributed by atoms with Gasteiger partial charge < -0.3 is 5.11 Å². The van der Waals surface area contributed by atoms with Crippen LogP contribution in [0.1, 0.15) is 66.7 Å². The Hall–Kier alpha value is -0.560. The summed E-state index contributed by atoms with van der Waals surface area (Å²) < 4.78 is 0. The summed E-state index contributed by atoms with van der Waals surface area (Å²) >= 11 is 0. The fourth-order valence-electron chi connectivity index (χ4n) is 1.66. The van der Waals surface area contributed by atoms with Gasteiger partial charge in [-0.1, -0.05) is 42.1 Å². The molecule has 0 saturated heterocycles.